The average molecular weight is 269 g/mol. The van der Waals surface area contributed by atoms with Gasteiger partial charge in [0.25, 0.3) is 0 Å². The predicted octanol–water partition coefficient (Wildman–Crippen LogP) is 0.751. The average Bonchev–Trinajstić information content (AvgIpc) is 2.39. The highest BCUT2D eigenvalue weighted by Crippen LogP contribution is 2.12. The Morgan fingerprint density at radius 2 is 2.11 bits per heavy atom. The summed E-state index contributed by atoms with van der Waals surface area (Å²) in [6, 6.07) is 0. The van der Waals surface area contributed by atoms with Crippen molar-refractivity contribution in [1.29, 1.82) is 0 Å². The van der Waals surface area contributed by atoms with Crippen molar-refractivity contribution >= 4 is 11.8 Å². The second-order valence-electron chi connectivity index (χ2n) is 5.49. The molecule has 0 aliphatic carbocycles. The van der Waals surface area contributed by atoms with Crippen LogP contribution in [-0.4, -0.2) is 50.4 Å². The molecule has 1 aliphatic heterocycles. The zero-order chi connectivity index (χ0) is 14.1. The second kappa shape index (κ2) is 8.91. The van der Waals surface area contributed by atoms with Gasteiger partial charge in [-0.2, -0.15) is 0 Å². The van der Waals surface area contributed by atoms with Gasteiger partial charge in [-0.25, -0.2) is 0 Å². The van der Waals surface area contributed by atoms with Crippen molar-refractivity contribution in [3.8, 4) is 0 Å². The van der Waals surface area contributed by atoms with Crippen LogP contribution in [0.3, 0.4) is 0 Å². The summed E-state index contributed by atoms with van der Waals surface area (Å²) < 4.78 is 0. The van der Waals surface area contributed by atoms with Gasteiger partial charge in [0, 0.05) is 33.5 Å². The second-order valence-corrected chi connectivity index (χ2v) is 5.49. The molecule has 2 amide bonds. The number of nitrogens with zero attached hydrogens (tertiary/aromatic N) is 1. The third-order valence-corrected chi connectivity index (χ3v) is 3.57. The van der Waals surface area contributed by atoms with Crippen LogP contribution < -0.4 is 10.6 Å². The van der Waals surface area contributed by atoms with E-state index < -0.39 is 0 Å². The van der Waals surface area contributed by atoms with Crippen LogP contribution in [0.4, 0.5) is 0 Å². The fourth-order valence-electron chi connectivity index (χ4n) is 2.30. The molecule has 1 atom stereocenters. The Kier molecular flexibility index (Phi) is 7.48. The first-order valence-corrected chi connectivity index (χ1v) is 7.27. The van der Waals surface area contributed by atoms with Crippen LogP contribution in [0.1, 0.15) is 38.5 Å². The van der Waals surface area contributed by atoms with E-state index >= 15 is 0 Å². The van der Waals surface area contributed by atoms with Crippen LogP contribution in [0.5, 0.6) is 0 Å². The van der Waals surface area contributed by atoms with Crippen LogP contribution in [0, 0.1) is 5.92 Å². The van der Waals surface area contributed by atoms with Gasteiger partial charge in [-0.3, -0.25) is 9.59 Å². The van der Waals surface area contributed by atoms with Crippen molar-refractivity contribution in [3.63, 3.8) is 0 Å². The first-order valence-electron chi connectivity index (χ1n) is 7.27. The molecule has 0 bridgehead atoms. The Balaban J connectivity index is 2.00. The van der Waals surface area contributed by atoms with E-state index in [0.717, 1.165) is 26.1 Å². The number of carbonyl (C=O) groups excluding carboxylic acids is 2. The van der Waals surface area contributed by atoms with Gasteiger partial charge in [0.2, 0.25) is 11.8 Å². The minimum absolute atomic E-state index is 0.0651. The van der Waals surface area contributed by atoms with Gasteiger partial charge in [0.15, 0.2) is 0 Å². The summed E-state index contributed by atoms with van der Waals surface area (Å²) in [4.78, 5) is 24.5. The first kappa shape index (κ1) is 16.0. The number of carbonyl (C=O) groups is 2. The lowest BCUT2D eigenvalue weighted by Gasteiger charge is -2.22. The molecule has 5 heteroatoms. The smallest absolute Gasteiger partial charge is 0.222 e. The fraction of sp³-hybridized carbons (Fsp3) is 0.857. The minimum Gasteiger partial charge on any atom is -0.356 e. The molecule has 0 radical (unpaired) electrons. The van der Waals surface area contributed by atoms with Crippen molar-refractivity contribution in [3.05, 3.63) is 0 Å². The summed E-state index contributed by atoms with van der Waals surface area (Å²) in [5.41, 5.74) is 0. The van der Waals surface area contributed by atoms with Crippen LogP contribution >= 0.6 is 0 Å². The number of hydrogen-bond donors (Lipinski definition) is 2. The van der Waals surface area contributed by atoms with Crippen molar-refractivity contribution in [2.45, 2.75) is 38.5 Å². The van der Waals surface area contributed by atoms with Gasteiger partial charge in [-0.1, -0.05) is 0 Å². The van der Waals surface area contributed by atoms with E-state index in [9.17, 15) is 9.59 Å². The summed E-state index contributed by atoms with van der Waals surface area (Å²) in [6.07, 6.45) is 5.09. The van der Waals surface area contributed by atoms with E-state index in [1.807, 2.05) is 0 Å². The van der Waals surface area contributed by atoms with Gasteiger partial charge < -0.3 is 15.5 Å². The highest BCUT2D eigenvalue weighted by Gasteiger charge is 2.13. The third kappa shape index (κ3) is 7.15. The monoisotopic (exact) mass is 269 g/mol. The van der Waals surface area contributed by atoms with Crippen LogP contribution in [0.25, 0.3) is 0 Å². The largest absolute Gasteiger partial charge is 0.356 e. The summed E-state index contributed by atoms with van der Waals surface area (Å²) >= 11 is 0. The highest BCUT2D eigenvalue weighted by atomic mass is 16.2. The molecule has 1 saturated heterocycles. The zero-order valence-corrected chi connectivity index (χ0v) is 12.2. The molecule has 110 valence electrons. The molecule has 1 aliphatic rings. The van der Waals surface area contributed by atoms with E-state index in [0.29, 0.717) is 25.2 Å². The van der Waals surface area contributed by atoms with Crippen LogP contribution in [0.2, 0.25) is 0 Å². The maximum absolute atomic E-state index is 11.6. The molecular formula is C14H27N3O2. The molecule has 0 aromatic carbocycles. The Morgan fingerprint density at radius 3 is 2.74 bits per heavy atom. The molecular weight excluding hydrogens is 242 g/mol. The Bertz CT molecular complexity index is 286. The number of amides is 2. The van der Waals surface area contributed by atoms with Gasteiger partial charge >= 0.3 is 0 Å². The topological polar surface area (TPSA) is 61.4 Å². The molecule has 1 rings (SSSR count). The lowest BCUT2D eigenvalue weighted by molar-refractivity contribution is -0.128. The molecule has 1 fully saturated rings. The van der Waals surface area contributed by atoms with E-state index in [4.69, 9.17) is 0 Å². The lowest BCUT2D eigenvalue weighted by atomic mass is 9.96. The van der Waals surface area contributed by atoms with Crippen molar-refractivity contribution in [2.75, 3.05) is 33.7 Å². The maximum atomic E-state index is 11.6. The number of rotatable bonds is 7. The van der Waals surface area contributed by atoms with Crippen LogP contribution in [-0.2, 0) is 9.59 Å². The van der Waals surface area contributed by atoms with Crippen molar-refractivity contribution in [2.24, 2.45) is 5.92 Å². The van der Waals surface area contributed by atoms with E-state index in [-0.39, 0.29) is 11.8 Å². The van der Waals surface area contributed by atoms with E-state index in [1.54, 1.807) is 19.0 Å². The fourth-order valence-corrected chi connectivity index (χ4v) is 2.30. The predicted molar refractivity (Wildman–Crippen MR) is 75.8 cm³/mol. The van der Waals surface area contributed by atoms with Crippen molar-refractivity contribution in [1.82, 2.24) is 15.5 Å². The Hall–Kier alpha value is -1.10. The summed E-state index contributed by atoms with van der Waals surface area (Å²) in [5, 5.41) is 6.32. The number of hydrogen-bond acceptors (Lipinski definition) is 3. The summed E-state index contributed by atoms with van der Waals surface area (Å²) in [5.74, 6) is 0.848. The molecule has 5 nitrogen and oxygen atoms in total. The number of piperidine rings is 1. The standard InChI is InChI=1S/C14H27N3O2/c1-17(2)14(19)7-3-6-13(18)16-10-8-12-5-4-9-15-11-12/h12,15H,3-11H2,1-2H3,(H,16,18). The molecule has 0 aromatic rings. The Morgan fingerprint density at radius 1 is 1.32 bits per heavy atom. The van der Waals surface area contributed by atoms with Gasteiger partial charge in [0.1, 0.15) is 0 Å². The molecule has 0 spiro atoms. The van der Waals surface area contributed by atoms with Gasteiger partial charge in [-0.05, 0) is 44.7 Å². The molecule has 0 aromatic heterocycles. The normalized spacial score (nSPS) is 18.9. The zero-order valence-electron chi connectivity index (χ0n) is 12.2. The summed E-state index contributed by atoms with van der Waals surface area (Å²) in [6.45, 7) is 2.96. The maximum Gasteiger partial charge on any atom is 0.222 e. The van der Waals surface area contributed by atoms with Gasteiger partial charge in [0.05, 0.1) is 0 Å². The van der Waals surface area contributed by atoms with Crippen LogP contribution in [0.15, 0.2) is 0 Å². The molecule has 0 saturated carbocycles. The molecule has 1 heterocycles. The van der Waals surface area contributed by atoms with E-state index in [2.05, 4.69) is 10.6 Å². The van der Waals surface area contributed by atoms with E-state index in [1.165, 1.54) is 12.8 Å². The SMILES string of the molecule is CN(C)C(=O)CCCC(=O)NCCC1CCCNC1. The third-order valence-electron chi connectivity index (χ3n) is 3.57. The lowest BCUT2D eigenvalue weighted by Crippen LogP contribution is -2.33. The minimum atomic E-state index is 0.0651. The highest BCUT2D eigenvalue weighted by molar-refractivity contribution is 5.78. The summed E-state index contributed by atoms with van der Waals surface area (Å²) in [7, 11) is 3.47. The molecule has 2 N–H and O–H groups in total. The van der Waals surface area contributed by atoms with Crippen molar-refractivity contribution < 1.29 is 9.59 Å². The quantitative estimate of drug-likeness (QED) is 0.717. The first-order chi connectivity index (χ1) is 9.09. The molecule has 1 unspecified atom stereocenters. The van der Waals surface area contributed by atoms with Gasteiger partial charge in [-0.15, -0.1) is 0 Å². The molecule has 19 heavy (non-hydrogen) atoms. The number of nitrogens with one attached hydrogen (secondary N) is 2. The Labute approximate surface area is 116 Å².